The molecule has 1 aromatic heterocycles. The van der Waals surface area contributed by atoms with Crippen LogP contribution in [0.25, 0.3) is 0 Å². The van der Waals surface area contributed by atoms with Gasteiger partial charge in [0.1, 0.15) is 17.5 Å². The highest BCUT2D eigenvalue weighted by atomic mass is 32.2. The van der Waals surface area contributed by atoms with Crippen LogP contribution in [-0.2, 0) is 4.79 Å². The Morgan fingerprint density at radius 3 is 2.91 bits per heavy atom. The highest BCUT2D eigenvalue weighted by molar-refractivity contribution is 8.00. The molecule has 2 rings (SSSR count). The van der Waals surface area contributed by atoms with E-state index in [9.17, 15) is 4.79 Å². The summed E-state index contributed by atoms with van der Waals surface area (Å²) in [6.07, 6.45) is 6.02. The lowest BCUT2D eigenvalue weighted by Crippen LogP contribution is -2.44. The van der Waals surface area contributed by atoms with E-state index in [0.29, 0.717) is 11.1 Å². The SMILES string of the molecule is CC(Sc1ncc(C#N)c(N)n1)C(=O)NC1CCCCC1C. The van der Waals surface area contributed by atoms with Crippen LogP contribution in [0.2, 0.25) is 0 Å². The molecule has 1 saturated carbocycles. The van der Waals surface area contributed by atoms with Gasteiger partial charge in [0.05, 0.1) is 11.4 Å². The van der Waals surface area contributed by atoms with E-state index >= 15 is 0 Å². The van der Waals surface area contributed by atoms with Gasteiger partial charge in [-0.15, -0.1) is 0 Å². The second-order valence-corrected chi connectivity index (χ2v) is 7.01. The Morgan fingerprint density at radius 2 is 2.27 bits per heavy atom. The van der Waals surface area contributed by atoms with Crippen LogP contribution in [0.15, 0.2) is 11.4 Å². The van der Waals surface area contributed by atoms with Crippen molar-refractivity contribution in [1.82, 2.24) is 15.3 Å². The minimum Gasteiger partial charge on any atom is -0.382 e. The van der Waals surface area contributed by atoms with E-state index in [1.165, 1.54) is 37.2 Å². The number of nitrogens with one attached hydrogen (secondary N) is 1. The minimum atomic E-state index is -0.304. The average Bonchev–Trinajstić information content (AvgIpc) is 2.49. The Labute approximate surface area is 134 Å². The second kappa shape index (κ2) is 7.45. The third kappa shape index (κ3) is 4.10. The Hall–Kier alpha value is -1.81. The quantitative estimate of drug-likeness (QED) is 0.650. The lowest BCUT2D eigenvalue weighted by atomic mass is 9.86. The summed E-state index contributed by atoms with van der Waals surface area (Å²) < 4.78 is 0. The standard InChI is InChI=1S/C15H21N5OS/c1-9-5-3-4-6-12(9)19-14(21)10(2)22-15-18-8-11(7-16)13(17)20-15/h8-10,12H,3-6H2,1-2H3,(H,19,21)(H2,17,18,20). The minimum absolute atomic E-state index is 0.00437. The molecule has 0 aromatic carbocycles. The smallest absolute Gasteiger partial charge is 0.233 e. The fourth-order valence-electron chi connectivity index (χ4n) is 2.56. The molecular formula is C15H21N5OS. The van der Waals surface area contributed by atoms with Crippen molar-refractivity contribution in [2.45, 2.75) is 56.0 Å². The molecule has 0 radical (unpaired) electrons. The monoisotopic (exact) mass is 319 g/mol. The van der Waals surface area contributed by atoms with Crippen LogP contribution in [0, 0.1) is 17.2 Å². The number of aromatic nitrogens is 2. The predicted molar refractivity (Wildman–Crippen MR) is 86.0 cm³/mol. The van der Waals surface area contributed by atoms with E-state index in [-0.39, 0.29) is 28.6 Å². The van der Waals surface area contributed by atoms with Gasteiger partial charge in [-0.3, -0.25) is 4.79 Å². The van der Waals surface area contributed by atoms with Crippen molar-refractivity contribution in [3.63, 3.8) is 0 Å². The number of nitrogens with zero attached hydrogens (tertiary/aromatic N) is 3. The van der Waals surface area contributed by atoms with Crippen LogP contribution in [0.3, 0.4) is 0 Å². The molecule has 22 heavy (non-hydrogen) atoms. The van der Waals surface area contributed by atoms with Gasteiger partial charge >= 0.3 is 0 Å². The van der Waals surface area contributed by atoms with Crippen molar-refractivity contribution >= 4 is 23.5 Å². The Balaban J connectivity index is 1.93. The number of amides is 1. The van der Waals surface area contributed by atoms with Crippen LogP contribution >= 0.6 is 11.8 Å². The van der Waals surface area contributed by atoms with Gasteiger partial charge in [0.2, 0.25) is 5.91 Å². The molecule has 0 saturated heterocycles. The summed E-state index contributed by atoms with van der Waals surface area (Å²) in [6.45, 7) is 4.01. The maximum Gasteiger partial charge on any atom is 0.233 e. The van der Waals surface area contributed by atoms with Gasteiger partial charge in [-0.1, -0.05) is 31.5 Å². The molecule has 3 atom stereocenters. The van der Waals surface area contributed by atoms with Crippen LogP contribution in [0.5, 0.6) is 0 Å². The number of rotatable bonds is 4. The number of nitrogen functional groups attached to an aromatic ring is 1. The number of anilines is 1. The van der Waals surface area contributed by atoms with Crippen molar-refractivity contribution in [2.24, 2.45) is 5.92 Å². The molecule has 1 aliphatic rings. The Kier molecular flexibility index (Phi) is 5.61. The van der Waals surface area contributed by atoms with E-state index in [4.69, 9.17) is 11.0 Å². The molecule has 0 spiro atoms. The third-order valence-corrected chi connectivity index (χ3v) is 4.98. The zero-order valence-electron chi connectivity index (χ0n) is 12.9. The summed E-state index contributed by atoms with van der Waals surface area (Å²) in [7, 11) is 0. The Bertz CT molecular complexity index is 586. The van der Waals surface area contributed by atoms with E-state index in [0.717, 1.165) is 6.42 Å². The number of nitrogens with two attached hydrogens (primary N) is 1. The van der Waals surface area contributed by atoms with Gasteiger partial charge in [0.15, 0.2) is 5.16 Å². The van der Waals surface area contributed by atoms with Gasteiger partial charge in [0.25, 0.3) is 0 Å². The molecule has 1 amide bonds. The summed E-state index contributed by atoms with van der Waals surface area (Å²) in [5.41, 5.74) is 5.91. The van der Waals surface area contributed by atoms with Crippen molar-refractivity contribution < 1.29 is 4.79 Å². The number of carbonyl (C=O) groups is 1. The summed E-state index contributed by atoms with van der Waals surface area (Å²) >= 11 is 1.25. The van der Waals surface area contributed by atoms with Crippen molar-refractivity contribution in [2.75, 3.05) is 5.73 Å². The average molecular weight is 319 g/mol. The van der Waals surface area contributed by atoms with Crippen molar-refractivity contribution in [3.05, 3.63) is 11.8 Å². The van der Waals surface area contributed by atoms with E-state index in [1.807, 2.05) is 13.0 Å². The van der Waals surface area contributed by atoms with E-state index in [2.05, 4.69) is 22.2 Å². The first-order chi connectivity index (χ1) is 10.5. The zero-order valence-corrected chi connectivity index (χ0v) is 13.7. The van der Waals surface area contributed by atoms with Crippen LogP contribution < -0.4 is 11.1 Å². The zero-order chi connectivity index (χ0) is 16.1. The van der Waals surface area contributed by atoms with E-state index in [1.54, 1.807) is 0 Å². The molecule has 0 aliphatic heterocycles. The van der Waals surface area contributed by atoms with Gasteiger partial charge in [-0.25, -0.2) is 9.97 Å². The first-order valence-corrected chi connectivity index (χ1v) is 8.39. The lowest BCUT2D eigenvalue weighted by Gasteiger charge is -2.30. The highest BCUT2D eigenvalue weighted by Gasteiger charge is 2.25. The number of thioether (sulfide) groups is 1. The van der Waals surface area contributed by atoms with Gasteiger partial charge in [0, 0.05) is 6.04 Å². The topological polar surface area (TPSA) is 105 Å². The van der Waals surface area contributed by atoms with E-state index < -0.39 is 0 Å². The number of hydrogen-bond donors (Lipinski definition) is 2. The fourth-order valence-corrected chi connectivity index (χ4v) is 3.32. The van der Waals surface area contributed by atoms with Gasteiger partial charge < -0.3 is 11.1 Å². The molecule has 1 aromatic rings. The molecule has 0 bridgehead atoms. The molecular weight excluding hydrogens is 298 g/mol. The normalized spacial score (nSPS) is 22.6. The molecule has 118 valence electrons. The van der Waals surface area contributed by atoms with Crippen molar-refractivity contribution in [3.8, 4) is 6.07 Å². The van der Waals surface area contributed by atoms with Gasteiger partial charge in [-0.2, -0.15) is 5.26 Å². The number of nitriles is 1. The summed E-state index contributed by atoms with van der Waals surface area (Å²) in [4.78, 5) is 20.4. The molecule has 1 aliphatic carbocycles. The van der Waals surface area contributed by atoms with Crippen molar-refractivity contribution in [1.29, 1.82) is 5.26 Å². The summed E-state index contributed by atoms with van der Waals surface area (Å²) in [6, 6.07) is 2.18. The van der Waals surface area contributed by atoms with Crippen LogP contribution in [0.1, 0.15) is 45.1 Å². The van der Waals surface area contributed by atoms with Crippen LogP contribution in [0.4, 0.5) is 5.82 Å². The number of hydrogen-bond acceptors (Lipinski definition) is 6. The van der Waals surface area contributed by atoms with Gasteiger partial charge in [-0.05, 0) is 25.7 Å². The predicted octanol–water partition coefficient (Wildman–Crippen LogP) is 2.11. The van der Waals surface area contributed by atoms with Crippen LogP contribution in [-0.4, -0.2) is 27.2 Å². The summed E-state index contributed by atoms with van der Waals surface area (Å²) in [5, 5.41) is 12.0. The molecule has 7 heteroatoms. The largest absolute Gasteiger partial charge is 0.382 e. The molecule has 3 unspecified atom stereocenters. The third-order valence-electron chi connectivity index (χ3n) is 4.01. The fraction of sp³-hybridized carbons (Fsp3) is 0.600. The molecule has 6 nitrogen and oxygen atoms in total. The first kappa shape index (κ1) is 16.6. The number of carbonyl (C=O) groups excluding carboxylic acids is 1. The maximum absolute atomic E-state index is 12.3. The lowest BCUT2D eigenvalue weighted by molar-refractivity contribution is -0.121. The molecule has 1 heterocycles. The second-order valence-electron chi connectivity index (χ2n) is 5.70. The molecule has 1 fully saturated rings. The first-order valence-electron chi connectivity index (χ1n) is 7.51. The molecule has 3 N–H and O–H groups in total. The summed E-state index contributed by atoms with van der Waals surface area (Å²) in [5.74, 6) is 0.667. The highest BCUT2D eigenvalue weighted by Crippen LogP contribution is 2.25. The Morgan fingerprint density at radius 1 is 1.55 bits per heavy atom. The maximum atomic E-state index is 12.3.